The summed E-state index contributed by atoms with van der Waals surface area (Å²) in [5.41, 5.74) is 12.2. The van der Waals surface area contributed by atoms with Crippen molar-refractivity contribution in [3.05, 3.63) is 90.5 Å². The lowest BCUT2D eigenvalue weighted by Crippen LogP contribution is -2.00. The third-order valence-corrected chi connectivity index (χ3v) is 5.09. The summed E-state index contributed by atoms with van der Waals surface area (Å²) in [6.45, 7) is 2.75. The molecule has 0 atom stereocenters. The molecule has 0 radical (unpaired) electrons. The fourth-order valence-corrected chi connectivity index (χ4v) is 3.47. The number of benzene rings is 3. The topological polar surface area (TPSA) is 71.9 Å². The van der Waals surface area contributed by atoms with Gasteiger partial charge in [-0.15, -0.1) is 0 Å². The van der Waals surface area contributed by atoms with Crippen molar-refractivity contribution < 1.29 is 4.74 Å². The Morgan fingerprint density at radius 2 is 1.45 bits per heavy atom. The van der Waals surface area contributed by atoms with Crippen LogP contribution in [-0.2, 0) is 0 Å². The highest BCUT2D eigenvalue weighted by Crippen LogP contribution is 2.33. The van der Waals surface area contributed by atoms with Gasteiger partial charge in [-0.05, 0) is 41.3 Å². The minimum absolute atomic E-state index is 0.230. The smallest absolute Gasteiger partial charge is 0.142 e. The molecule has 4 aromatic rings. The van der Waals surface area contributed by atoms with Crippen LogP contribution in [0.1, 0.15) is 18.9 Å². The van der Waals surface area contributed by atoms with Gasteiger partial charge in [-0.2, -0.15) is 5.26 Å². The predicted octanol–water partition coefficient (Wildman–Crippen LogP) is 6.33. The molecule has 152 valence electrons. The van der Waals surface area contributed by atoms with E-state index in [0.717, 1.165) is 45.7 Å². The van der Waals surface area contributed by atoms with Crippen LogP contribution in [0.2, 0.25) is 0 Å². The summed E-state index contributed by atoms with van der Waals surface area (Å²) in [6.07, 6.45) is 0.952. The Morgan fingerprint density at radius 3 is 2.10 bits per heavy atom. The second-order valence-corrected chi connectivity index (χ2v) is 7.24. The minimum atomic E-state index is 0.230. The van der Waals surface area contributed by atoms with Gasteiger partial charge in [0.25, 0.3) is 0 Å². The molecule has 0 bridgehead atoms. The highest BCUT2D eigenvalue weighted by atomic mass is 16.5. The fraction of sp³-hybridized carbons (Fsp3) is 0.111. The molecule has 1 aromatic heterocycles. The molecule has 0 saturated carbocycles. The zero-order valence-electron chi connectivity index (χ0n) is 17.4. The number of rotatable bonds is 6. The molecule has 1 heterocycles. The summed E-state index contributed by atoms with van der Waals surface area (Å²) in [7, 11) is 0. The van der Waals surface area contributed by atoms with E-state index in [1.54, 1.807) is 0 Å². The standard InChI is InChI=1S/C27H23N3O/c1-2-16-31-23-14-12-21(13-15-23)24-17-26(30-27(29)25(24)18-28)22-10-8-20(9-11-22)19-6-4-3-5-7-19/h3-15,17H,2,16H2,1H3,(H2,29,30). The quantitative estimate of drug-likeness (QED) is 0.407. The number of nitrogens with zero attached hydrogens (tertiary/aromatic N) is 2. The molecule has 0 aliphatic heterocycles. The van der Waals surface area contributed by atoms with Gasteiger partial charge in [0.05, 0.1) is 12.3 Å². The predicted molar refractivity (Wildman–Crippen MR) is 125 cm³/mol. The summed E-state index contributed by atoms with van der Waals surface area (Å²) in [5, 5.41) is 9.66. The summed E-state index contributed by atoms with van der Waals surface area (Å²) >= 11 is 0. The first-order chi connectivity index (χ1) is 15.2. The molecule has 0 aliphatic carbocycles. The molecular formula is C27H23N3O. The largest absolute Gasteiger partial charge is 0.494 e. The number of nitrogens with two attached hydrogens (primary N) is 1. The van der Waals surface area contributed by atoms with Crippen molar-refractivity contribution in [3.63, 3.8) is 0 Å². The monoisotopic (exact) mass is 405 g/mol. The molecule has 4 rings (SSSR count). The molecule has 4 nitrogen and oxygen atoms in total. The van der Waals surface area contributed by atoms with E-state index in [2.05, 4.69) is 42.2 Å². The molecular weight excluding hydrogens is 382 g/mol. The van der Waals surface area contributed by atoms with Crippen molar-refractivity contribution in [1.29, 1.82) is 5.26 Å². The van der Waals surface area contributed by atoms with Crippen molar-refractivity contribution in [2.24, 2.45) is 0 Å². The van der Waals surface area contributed by atoms with Gasteiger partial charge in [0, 0.05) is 11.1 Å². The summed E-state index contributed by atoms with van der Waals surface area (Å²) < 4.78 is 5.66. The van der Waals surface area contributed by atoms with E-state index in [4.69, 9.17) is 10.5 Å². The zero-order valence-corrected chi connectivity index (χ0v) is 17.4. The average Bonchev–Trinajstić information content (AvgIpc) is 2.83. The maximum absolute atomic E-state index is 9.66. The van der Waals surface area contributed by atoms with Crippen LogP contribution in [0.5, 0.6) is 5.75 Å². The van der Waals surface area contributed by atoms with Crippen LogP contribution in [0.4, 0.5) is 5.82 Å². The zero-order chi connectivity index (χ0) is 21.6. The van der Waals surface area contributed by atoms with E-state index in [1.165, 1.54) is 0 Å². The van der Waals surface area contributed by atoms with Crippen molar-refractivity contribution in [2.75, 3.05) is 12.3 Å². The lowest BCUT2D eigenvalue weighted by molar-refractivity contribution is 0.317. The van der Waals surface area contributed by atoms with E-state index in [0.29, 0.717) is 12.2 Å². The van der Waals surface area contributed by atoms with Crippen molar-refractivity contribution in [2.45, 2.75) is 13.3 Å². The Hall–Kier alpha value is -4.10. The van der Waals surface area contributed by atoms with Gasteiger partial charge in [0.1, 0.15) is 23.2 Å². The molecule has 0 fully saturated rings. The minimum Gasteiger partial charge on any atom is -0.494 e. The van der Waals surface area contributed by atoms with Gasteiger partial charge in [-0.25, -0.2) is 4.98 Å². The van der Waals surface area contributed by atoms with Gasteiger partial charge < -0.3 is 10.5 Å². The fourth-order valence-electron chi connectivity index (χ4n) is 3.47. The molecule has 2 N–H and O–H groups in total. The summed E-state index contributed by atoms with van der Waals surface area (Å²) in [6, 6.07) is 30.3. The number of aromatic nitrogens is 1. The second-order valence-electron chi connectivity index (χ2n) is 7.24. The first-order valence-corrected chi connectivity index (χ1v) is 10.3. The first kappa shape index (κ1) is 20.2. The van der Waals surface area contributed by atoms with Gasteiger partial charge in [-0.3, -0.25) is 0 Å². The van der Waals surface area contributed by atoms with Crippen LogP contribution in [0.25, 0.3) is 33.5 Å². The molecule has 0 amide bonds. The van der Waals surface area contributed by atoms with Crippen molar-refractivity contribution in [3.8, 4) is 45.3 Å². The van der Waals surface area contributed by atoms with Gasteiger partial charge in [-0.1, -0.05) is 73.7 Å². The number of hydrogen-bond acceptors (Lipinski definition) is 4. The first-order valence-electron chi connectivity index (χ1n) is 10.3. The average molecular weight is 406 g/mol. The van der Waals surface area contributed by atoms with Crippen LogP contribution in [0.15, 0.2) is 84.9 Å². The number of anilines is 1. The maximum atomic E-state index is 9.66. The van der Waals surface area contributed by atoms with E-state index < -0.39 is 0 Å². The van der Waals surface area contributed by atoms with Gasteiger partial charge in [0.15, 0.2) is 0 Å². The number of pyridine rings is 1. The Balaban J connectivity index is 1.70. The van der Waals surface area contributed by atoms with E-state index in [1.807, 2.05) is 60.7 Å². The van der Waals surface area contributed by atoms with Gasteiger partial charge in [0.2, 0.25) is 0 Å². The maximum Gasteiger partial charge on any atom is 0.142 e. The molecule has 3 aromatic carbocycles. The van der Waals surface area contributed by atoms with Crippen LogP contribution < -0.4 is 10.5 Å². The van der Waals surface area contributed by atoms with Crippen molar-refractivity contribution >= 4 is 5.82 Å². The number of ether oxygens (including phenoxy) is 1. The Morgan fingerprint density at radius 1 is 0.839 bits per heavy atom. The van der Waals surface area contributed by atoms with E-state index >= 15 is 0 Å². The van der Waals surface area contributed by atoms with E-state index in [9.17, 15) is 5.26 Å². The highest BCUT2D eigenvalue weighted by Gasteiger charge is 2.14. The van der Waals surface area contributed by atoms with Crippen LogP contribution in [-0.4, -0.2) is 11.6 Å². The Kier molecular flexibility index (Phi) is 5.96. The molecule has 0 unspecified atom stereocenters. The molecule has 0 saturated heterocycles. The molecule has 0 aliphatic rings. The van der Waals surface area contributed by atoms with Crippen molar-refractivity contribution in [1.82, 2.24) is 4.98 Å². The third-order valence-electron chi connectivity index (χ3n) is 5.09. The Bertz CT molecular complexity index is 1210. The van der Waals surface area contributed by atoms with Crippen LogP contribution >= 0.6 is 0 Å². The molecule has 4 heteroatoms. The van der Waals surface area contributed by atoms with Crippen LogP contribution in [0, 0.1) is 11.3 Å². The van der Waals surface area contributed by atoms with Crippen LogP contribution in [0.3, 0.4) is 0 Å². The second kappa shape index (κ2) is 9.15. The highest BCUT2D eigenvalue weighted by molar-refractivity contribution is 5.81. The lowest BCUT2D eigenvalue weighted by Gasteiger charge is -2.12. The SMILES string of the molecule is CCCOc1ccc(-c2cc(-c3ccc(-c4ccccc4)cc3)nc(N)c2C#N)cc1. The summed E-state index contributed by atoms with van der Waals surface area (Å²) in [5.74, 6) is 1.04. The van der Waals surface area contributed by atoms with Gasteiger partial charge >= 0.3 is 0 Å². The molecule has 0 spiro atoms. The number of nitrogen functional groups attached to an aromatic ring is 1. The number of hydrogen-bond donors (Lipinski definition) is 1. The third kappa shape index (κ3) is 4.41. The van der Waals surface area contributed by atoms with E-state index in [-0.39, 0.29) is 5.82 Å². The normalized spacial score (nSPS) is 10.5. The number of nitriles is 1. The lowest BCUT2D eigenvalue weighted by atomic mass is 9.97. The summed E-state index contributed by atoms with van der Waals surface area (Å²) in [4.78, 5) is 4.49. The Labute approximate surface area is 182 Å². The molecule has 31 heavy (non-hydrogen) atoms.